The fourth-order valence-corrected chi connectivity index (χ4v) is 3.13. The van der Waals surface area contributed by atoms with Crippen LogP contribution in [0.2, 0.25) is 5.02 Å². The summed E-state index contributed by atoms with van der Waals surface area (Å²) in [4.78, 5) is 10.8. The third-order valence-electron chi connectivity index (χ3n) is 4.11. The van der Waals surface area contributed by atoms with Crippen molar-refractivity contribution in [3.8, 4) is 0 Å². The van der Waals surface area contributed by atoms with Gasteiger partial charge in [0.05, 0.1) is 16.9 Å². The van der Waals surface area contributed by atoms with E-state index >= 15 is 0 Å². The molecular formula is C17H20ClN5S. The van der Waals surface area contributed by atoms with Crippen LogP contribution in [0.25, 0.3) is 0 Å². The summed E-state index contributed by atoms with van der Waals surface area (Å²) in [6.45, 7) is 3.90. The maximum absolute atomic E-state index is 6.05. The lowest BCUT2D eigenvalue weighted by atomic mass is 10.1. The Morgan fingerprint density at radius 3 is 2.79 bits per heavy atom. The second-order valence-electron chi connectivity index (χ2n) is 5.89. The first-order chi connectivity index (χ1) is 11.6. The highest BCUT2D eigenvalue weighted by Gasteiger charge is 2.21. The summed E-state index contributed by atoms with van der Waals surface area (Å²) >= 11 is 11.4. The molecule has 126 valence electrons. The van der Waals surface area contributed by atoms with Crippen molar-refractivity contribution in [2.24, 2.45) is 0 Å². The first-order valence-corrected chi connectivity index (χ1v) is 8.75. The number of nitrogens with zero attached hydrogens (tertiary/aromatic N) is 3. The Morgan fingerprint density at radius 2 is 2.12 bits per heavy atom. The summed E-state index contributed by atoms with van der Waals surface area (Å²) in [6, 6.07) is 6.24. The topological polar surface area (TPSA) is 53.1 Å². The number of nitrogens with one attached hydrogen (secondary N) is 2. The number of anilines is 2. The zero-order valence-electron chi connectivity index (χ0n) is 13.5. The molecule has 24 heavy (non-hydrogen) atoms. The minimum atomic E-state index is 0.367. The Balaban J connectivity index is 1.50. The van der Waals surface area contributed by atoms with E-state index in [0.717, 1.165) is 43.0 Å². The van der Waals surface area contributed by atoms with E-state index in [2.05, 4.69) is 25.5 Å². The molecule has 0 radical (unpaired) electrons. The molecule has 3 rings (SSSR count). The molecule has 0 unspecified atom stereocenters. The molecule has 2 aromatic heterocycles. The molecular weight excluding hydrogens is 342 g/mol. The number of thiocarbonyl (C=S) groups is 1. The molecule has 1 aliphatic rings. The maximum atomic E-state index is 6.05. The van der Waals surface area contributed by atoms with Crippen molar-refractivity contribution in [2.75, 3.05) is 23.3 Å². The number of aryl methyl sites for hydroxylation is 1. The van der Waals surface area contributed by atoms with Crippen LogP contribution in [-0.4, -0.2) is 34.2 Å². The predicted molar refractivity (Wildman–Crippen MR) is 103 cm³/mol. The number of rotatable bonds is 3. The van der Waals surface area contributed by atoms with Gasteiger partial charge in [0.2, 0.25) is 0 Å². The molecule has 5 nitrogen and oxygen atoms in total. The molecule has 0 aliphatic carbocycles. The Kier molecular flexibility index (Phi) is 5.48. The van der Waals surface area contributed by atoms with Gasteiger partial charge in [-0.15, -0.1) is 0 Å². The number of piperidine rings is 1. The van der Waals surface area contributed by atoms with Gasteiger partial charge < -0.3 is 15.5 Å². The highest BCUT2D eigenvalue weighted by Crippen LogP contribution is 2.22. The number of hydrogen-bond acceptors (Lipinski definition) is 4. The van der Waals surface area contributed by atoms with Gasteiger partial charge in [-0.3, -0.25) is 4.98 Å². The molecule has 7 heteroatoms. The summed E-state index contributed by atoms with van der Waals surface area (Å²) < 4.78 is 0. The first-order valence-electron chi connectivity index (χ1n) is 7.96. The summed E-state index contributed by atoms with van der Waals surface area (Å²) in [5.41, 5.74) is 1.96. The molecule has 1 saturated heterocycles. The van der Waals surface area contributed by atoms with E-state index in [-0.39, 0.29) is 0 Å². The van der Waals surface area contributed by atoms with Crippen molar-refractivity contribution in [3.05, 3.63) is 47.4 Å². The van der Waals surface area contributed by atoms with Crippen molar-refractivity contribution in [1.29, 1.82) is 0 Å². The zero-order chi connectivity index (χ0) is 16.9. The number of pyridine rings is 2. The van der Waals surface area contributed by atoms with E-state index in [1.54, 1.807) is 18.6 Å². The highest BCUT2D eigenvalue weighted by molar-refractivity contribution is 7.80. The standard InChI is InChI=1S/C17H20ClN5S/c1-12-9-16(20-11-15(12)18)23-7-4-13(5-8-23)21-17(24)22-14-3-2-6-19-10-14/h2-3,6,9-11,13H,4-5,7-8H2,1H3,(H2,21,22,24). The van der Waals surface area contributed by atoms with Crippen LogP contribution >= 0.6 is 23.8 Å². The fourth-order valence-electron chi connectivity index (χ4n) is 2.74. The van der Waals surface area contributed by atoms with Gasteiger partial charge >= 0.3 is 0 Å². The van der Waals surface area contributed by atoms with Gasteiger partial charge in [-0.05, 0) is 55.7 Å². The Morgan fingerprint density at radius 1 is 1.33 bits per heavy atom. The number of aromatic nitrogens is 2. The molecule has 1 aliphatic heterocycles. The monoisotopic (exact) mass is 361 g/mol. The van der Waals surface area contributed by atoms with Gasteiger partial charge in [0.1, 0.15) is 5.82 Å². The summed E-state index contributed by atoms with van der Waals surface area (Å²) in [7, 11) is 0. The Labute approximate surface area is 152 Å². The SMILES string of the molecule is Cc1cc(N2CCC(NC(=S)Nc3cccnc3)CC2)ncc1Cl. The highest BCUT2D eigenvalue weighted by atomic mass is 35.5. The molecule has 1 fully saturated rings. The second kappa shape index (κ2) is 7.77. The third-order valence-corrected chi connectivity index (χ3v) is 4.72. The molecule has 0 saturated carbocycles. The van der Waals surface area contributed by atoms with Crippen LogP contribution in [0.4, 0.5) is 11.5 Å². The van der Waals surface area contributed by atoms with E-state index in [1.807, 2.05) is 25.1 Å². The number of hydrogen-bond donors (Lipinski definition) is 2. The molecule has 0 bridgehead atoms. The average molecular weight is 362 g/mol. The van der Waals surface area contributed by atoms with Crippen molar-refractivity contribution >= 4 is 40.4 Å². The van der Waals surface area contributed by atoms with E-state index in [9.17, 15) is 0 Å². The molecule has 0 atom stereocenters. The van der Waals surface area contributed by atoms with E-state index in [4.69, 9.17) is 23.8 Å². The van der Waals surface area contributed by atoms with Crippen LogP contribution in [0.1, 0.15) is 18.4 Å². The quantitative estimate of drug-likeness (QED) is 0.817. The van der Waals surface area contributed by atoms with Gasteiger partial charge in [-0.1, -0.05) is 11.6 Å². The van der Waals surface area contributed by atoms with E-state index in [1.165, 1.54) is 0 Å². The minimum absolute atomic E-state index is 0.367. The lowest BCUT2D eigenvalue weighted by Crippen LogP contribution is -2.46. The molecule has 0 amide bonds. The van der Waals surface area contributed by atoms with Gasteiger partial charge in [0.25, 0.3) is 0 Å². The molecule has 3 heterocycles. The van der Waals surface area contributed by atoms with Gasteiger partial charge in [0, 0.05) is 31.5 Å². The lowest BCUT2D eigenvalue weighted by molar-refractivity contribution is 0.466. The smallest absolute Gasteiger partial charge is 0.171 e. The molecule has 2 aromatic rings. The Hall–Kier alpha value is -1.92. The predicted octanol–water partition coefficient (Wildman–Crippen LogP) is 3.39. The van der Waals surface area contributed by atoms with Crippen LogP contribution in [0.5, 0.6) is 0 Å². The normalized spacial score (nSPS) is 15.2. The van der Waals surface area contributed by atoms with E-state index in [0.29, 0.717) is 16.2 Å². The largest absolute Gasteiger partial charge is 0.360 e. The van der Waals surface area contributed by atoms with Gasteiger partial charge in [0.15, 0.2) is 5.11 Å². The summed E-state index contributed by atoms with van der Waals surface area (Å²) in [5, 5.41) is 7.90. The van der Waals surface area contributed by atoms with E-state index < -0.39 is 0 Å². The van der Waals surface area contributed by atoms with Crippen LogP contribution in [0, 0.1) is 6.92 Å². The molecule has 0 spiro atoms. The van der Waals surface area contributed by atoms with Crippen molar-refractivity contribution in [2.45, 2.75) is 25.8 Å². The zero-order valence-corrected chi connectivity index (χ0v) is 15.1. The molecule has 2 N–H and O–H groups in total. The first kappa shape index (κ1) is 16.9. The summed E-state index contributed by atoms with van der Waals surface area (Å²) in [6.07, 6.45) is 7.24. The second-order valence-corrected chi connectivity index (χ2v) is 6.71. The maximum Gasteiger partial charge on any atom is 0.171 e. The van der Waals surface area contributed by atoms with Gasteiger partial charge in [-0.2, -0.15) is 0 Å². The van der Waals surface area contributed by atoms with Crippen molar-refractivity contribution in [3.63, 3.8) is 0 Å². The van der Waals surface area contributed by atoms with Crippen LogP contribution in [-0.2, 0) is 0 Å². The van der Waals surface area contributed by atoms with Crippen LogP contribution in [0.15, 0.2) is 36.8 Å². The number of halogens is 1. The summed E-state index contributed by atoms with van der Waals surface area (Å²) in [5.74, 6) is 0.992. The Bertz CT molecular complexity index is 701. The third kappa shape index (κ3) is 4.33. The minimum Gasteiger partial charge on any atom is -0.360 e. The molecule has 0 aromatic carbocycles. The van der Waals surface area contributed by atoms with Crippen molar-refractivity contribution in [1.82, 2.24) is 15.3 Å². The van der Waals surface area contributed by atoms with Crippen LogP contribution in [0.3, 0.4) is 0 Å². The van der Waals surface area contributed by atoms with Crippen molar-refractivity contribution < 1.29 is 0 Å². The van der Waals surface area contributed by atoms with Crippen LogP contribution < -0.4 is 15.5 Å². The lowest BCUT2D eigenvalue weighted by Gasteiger charge is -2.33. The van der Waals surface area contributed by atoms with Gasteiger partial charge in [-0.25, -0.2) is 4.98 Å². The average Bonchev–Trinajstić information content (AvgIpc) is 2.59. The fraction of sp³-hybridized carbons (Fsp3) is 0.353.